The van der Waals surface area contributed by atoms with Gasteiger partial charge < -0.3 is 4.74 Å². The molecule has 2 atom stereocenters. The molecule has 27 heavy (non-hydrogen) atoms. The van der Waals surface area contributed by atoms with E-state index in [2.05, 4.69) is 0 Å². The lowest BCUT2D eigenvalue weighted by molar-refractivity contribution is -0.147. The first-order valence-corrected chi connectivity index (χ1v) is 8.01. The number of allylic oxidation sites excluding steroid dienone is 2. The van der Waals surface area contributed by atoms with Crippen LogP contribution >= 0.6 is 11.6 Å². The standard InChI is InChI=1S/C17H14ClF7O2/c1-6-11(19)13(21)7(14(22)12(6)20)5-27-15(26)10-8(16(10,2)3)4-9(18)17(23,24)25/h4,8,10H,5H2,1-3H3/t8-,10?/m0/s1. The zero-order valence-corrected chi connectivity index (χ0v) is 15.0. The van der Waals surface area contributed by atoms with Crippen LogP contribution in [0.2, 0.25) is 0 Å². The van der Waals surface area contributed by atoms with Crippen LogP contribution in [0.3, 0.4) is 0 Å². The number of benzene rings is 1. The van der Waals surface area contributed by atoms with Crippen molar-refractivity contribution in [2.45, 2.75) is 33.6 Å². The van der Waals surface area contributed by atoms with Gasteiger partial charge >= 0.3 is 12.1 Å². The third-order valence-corrected chi connectivity index (χ3v) is 5.03. The van der Waals surface area contributed by atoms with Gasteiger partial charge in [-0.05, 0) is 18.3 Å². The van der Waals surface area contributed by atoms with Gasteiger partial charge in [0.2, 0.25) is 0 Å². The number of halogens is 8. The molecule has 0 aliphatic heterocycles. The van der Waals surface area contributed by atoms with E-state index in [-0.39, 0.29) is 0 Å². The summed E-state index contributed by atoms with van der Waals surface area (Å²) in [6, 6.07) is 0. The molecular formula is C17H14ClF7O2. The second-order valence-corrected chi connectivity index (χ2v) is 7.21. The predicted octanol–water partition coefficient (Wildman–Crippen LogP) is 5.55. The van der Waals surface area contributed by atoms with E-state index in [4.69, 9.17) is 16.3 Å². The maximum Gasteiger partial charge on any atom is 0.426 e. The average Bonchev–Trinajstić information content (AvgIpc) is 3.10. The van der Waals surface area contributed by atoms with Crippen molar-refractivity contribution < 1.29 is 40.3 Å². The van der Waals surface area contributed by atoms with Crippen LogP contribution in [0.25, 0.3) is 0 Å². The Balaban J connectivity index is 2.16. The highest BCUT2D eigenvalue weighted by atomic mass is 35.5. The van der Waals surface area contributed by atoms with Crippen molar-refractivity contribution in [2.75, 3.05) is 0 Å². The van der Waals surface area contributed by atoms with Crippen LogP contribution in [0.15, 0.2) is 11.1 Å². The smallest absolute Gasteiger partial charge is 0.426 e. The summed E-state index contributed by atoms with van der Waals surface area (Å²) in [5, 5.41) is -1.41. The number of hydrogen-bond donors (Lipinski definition) is 0. The molecule has 1 aliphatic carbocycles. The molecule has 0 N–H and O–H groups in total. The quantitative estimate of drug-likeness (QED) is 0.364. The Kier molecular flexibility index (Phi) is 5.58. The largest absolute Gasteiger partial charge is 0.460 e. The molecule has 0 heterocycles. The van der Waals surface area contributed by atoms with Gasteiger partial charge in [0.1, 0.15) is 11.6 Å². The normalized spacial score (nSPS) is 22.0. The zero-order valence-electron chi connectivity index (χ0n) is 14.3. The Morgan fingerprint density at radius 3 is 2.04 bits per heavy atom. The second kappa shape index (κ2) is 7.00. The van der Waals surface area contributed by atoms with Crippen molar-refractivity contribution in [3.05, 3.63) is 45.5 Å². The zero-order chi connectivity index (χ0) is 20.9. The molecule has 150 valence electrons. The lowest BCUT2D eigenvalue weighted by Gasteiger charge is -2.10. The van der Waals surface area contributed by atoms with Gasteiger partial charge in [0.05, 0.1) is 11.5 Å². The van der Waals surface area contributed by atoms with Crippen LogP contribution in [0.4, 0.5) is 30.7 Å². The van der Waals surface area contributed by atoms with E-state index in [1.807, 2.05) is 0 Å². The van der Waals surface area contributed by atoms with Crippen LogP contribution in [0.1, 0.15) is 25.0 Å². The third-order valence-electron chi connectivity index (χ3n) is 4.69. The van der Waals surface area contributed by atoms with E-state index >= 15 is 0 Å². The second-order valence-electron chi connectivity index (χ2n) is 6.80. The Hall–Kier alpha value is -1.77. The van der Waals surface area contributed by atoms with Gasteiger partial charge in [0.25, 0.3) is 0 Å². The molecule has 0 saturated heterocycles. The van der Waals surface area contributed by atoms with Crippen LogP contribution < -0.4 is 0 Å². The van der Waals surface area contributed by atoms with Crippen molar-refractivity contribution in [2.24, 2.45) is 17.3 Å². The fraction of sp³-hybridized carbons (Fsp3) is 0.471. The highest BCUT2D eigenvalue weighted by molar-refractivity contribution is 6.30. The van der Waals surface area contributed by atoms with Crippen molar-refractivity contribution in [3.8, 4) is 0 Å². The topological polar surface area (TPSA) is 26.3 Å². The summed E-state index contributed by atoms with van der Waals surface area (Å²) in [5.74, 6) is -9.68. The Labute approximate surface area is 154 Å². The Morgan fingerprint density at radius 2 is 1.59 bits per heavy atom. The van der Waals surface area contributed by atoms with E-state index in [1.54, 1.807) is 0 Å². The maximum atomic E-state index is 13.8. The molecule has 0 bridgehead atoms. The molecule has 1 saturated carbocycles. The number of esters is 1. The molecule has 1 fully saturated rings. The van der Waals surface area contributed by atoms with Gasteiger partial charge in [-0.2, -0.15) is 13.2 Å². The molecule has 10 heteroatoms. The monoisotopic (exact) mass is 418 g/mol. The van der Waals surface area contributed by atoms with Crippen molar-refractivity contribution in [1.82, 2.24) is 0 Å². The van der Waals surface area contributed by atoms with Crippen LogP contribution in [0, 0.1) is 47.4 Å². The van der Waals surface area contributed by atoms with E-state index in [1.165, 1.54) is 13.8 Å². The third kappa shape index (κ3) is 3.93. The number of rotatable bonds is 4. The number of ether oxygens (including phenoxy) is 1. The SMILES string of the molecule is Cc1c(F)c(F)c(COC(=O)C2[C@H](C=C(Cl)C(F)(F)F)C2(C)C)c(F)c1F. The Bertz CT molecular complexity index is 785. The molecule has 1 aromatic rings. The molecule has 1 aromatic carbocycles. The highest BCUT2D eigenvalue weighted by Gasteiger charge is 2.62. The van der Waals surface area contributed by atoms with Gasteiger partial charge in [-0.25, -0.2) is 17.6 Å². The number of carbonyl (C=O) groups excluding carboxylic acids is 1. The minimum absolute atomic E-state index is 0.667. The number of hydrogen-bond acceptors (Lipinski definition) is 2. The molecule has 1 aliphatic rings. The van der Waals surface area contributed by atoms with Gasteiger partial charge in [0, 0.05) is 5.56 Å². The molecule has 2 rings (SSSR count). The summed E-state index contributed by atoms with van der Waals surface area (Å²) in [6.07, 6.45) is -4.11. The Morgan fingerprint density at radius 1 is 1.11 bits per heavy atom. The van der Waals surface area contributed by atoms with Gasteiger partial charge in [-0.1, -0.05) is 31.5 Å². The summed E-state index contributed by atoms with van der Waals surface area (Å²) in [6.45, 7) is 2.68. The van der Waals surface area contributed by atoms with E-state index < -0.39 is 75.4 Å². The first-order valence-electron chi connectivity index (χ1n) is 7.63. The molecule has 0 spiro atoms. The van der Waals surface area contributed by atoms with E-state index in [9.17, 15) is 35.5 Å². The van der Waals surface area contributed by atoms with Crippen LogP contribution in [-0.2, 0) is 16.1 Å². The molecule has 1 unspecified atom stereocenters. The number of carbonyl (C=O) groups is 1. The molecular weight excluding hydrogens is 405 g/mol. The van der Waals surface area contributed by atoms with Gasteiger partial charge in [0.15, 0.2) is 23.3 Å². The summed E-state index contributed by atoms with van der Waals surface area (Å²) >= 11 is 5.15. The van der Waals surface area contributed by atoms with Crippen molar-refractivity contribution >= 4 is 17.6 Å². The summed E-state index contributed by atoms with van der Waals surface area (Å²) < 4.78 is 96.8. The van der Waals surface area contributed by atoms with E-state index in [0.29, 0.717) is 6.08 Å². The molecule has 0 radical (unpaired) electrons. The van der Waals surface area contributed by atoms with Crippen molar-refractivity contribution in [3.63, 3.8) is 0 Å². The minimum Gasteiger partial charge on any atom is -0.460 e. The first-order chi connectivity index (χ1) is 12.2. The fourth-order valence-corrected chi connectivity index (χ4v) is 2.97. The fourth-order valence-electron chi connectivity index (χ4n) is 2.84. The molecule has 2 nitrogen and oxygen atoms in total. The van der Waals surface area contributed by atoms with E-state index in [0.717, 1.165) is 6.92 Å². The van der Waals surface area contributed by atoms with Gasteiger partial charge in [-0.3, -0.25) is 4.79 Å². The highest BCUT2D eigenvalue weighted by Crippen LogP contribution is 2.60. The molecule has 0 aromatic heterocycles. The van der Waals surface area contributed by atoms with Crippen LogP contribution in [-0.4, -0.2) is 12.1 Å². The molecule has 0 amide bonds. The minimum atomic E-state index is -4.78. The summed E-state index contributed by atoms with van der Waals surface area (Å²) in [7, 11) is 0. The van der Waals surface area contributed by atoms with Crippen LogP contribution in [0.5, 0.6) is 0 Å². The summed E-state index contributed by atoms with van der Waals surface area (Å²) in [5.41, 5.74) is -2.93. The average molecular weight is 419 g/mol. The lowest BCUT2D eigenvalue weighted by atomic mass is 10.1. The number of alkyl halides is 3. The van der Waals surface area contributed by atoms with Gasteiger partial charge in [-0.15, -0.1) is 0 Å². The maximum absolute atomic E-state index is 13.8. The first kappa shape index (κ1) is 21.5. The summed E-state index contributed by atoms with van der Waals surface area (Å²) in [4.78, 5) is 12.1. The lowest BCUT2D eigenvalue weighted by Crippen LogP contribution is -2.14. The van der Waals surface area contributed by atoms with Crippen molar-refractivity contribution in [1.29, 1.82) is 0 Å². The predicted molar refractivity (Wildman–Crippen MR) is 81.6 cm³/mol.